The zero-order valence-corrected chi connectivity index (χ0v) is 10.6. The van der Waals surface area contributed by atoms with E-state index < -0.39 is 7.60 Å². The molecule has 0 saturated heterocycles. The van der Waals surface area contributed by atoms with Gasteiger partial charge in [-0.1, -0.05) is 30.3 Å². The molecule has 1 atom stereocenters. The second-order valence-electron chi connectivity index (χ2n) is 2.02. The molecule has 0 bridgehead atoms. The summed E-state index contributed by atoms with van der Waals surface area (Å²) in [6.45, 7) is 0. The van der Waals surface area contributed by atoms with Crippen LogP contribution in [0.1, 0.15) is 0 Å². The maximum atomic E-state index is 11.0. The van der Waals surface area contributed by atoms with E-state index in [4.69, 9.17) is 0 Å². The maximum absolute atomic E-state index is 11.0. The number of hydrogen-bond donors (Lipinski definition) is 0. The first-order valence-corrected chi connectivity index (χ1v) is 4.63. The average Bonchev–Trinajstić information content (AvgIpc) is 2.06. The van der Waals surface area contributed by atoms with Gasteiger partial charge < -0.3 is 14.0 Å². The van der Waals surface area contributed by atoms with E-state index in [1.807, 2.05) is 0 Å². The Kier molecular flexibility index (Phi) is 4.88. The van der Waals surface area contributed by atoms with E-state index in [0.29, 0.717) is 0 Å². The Hall–Kier alpha value is -0.00662. The van der Waals surface area contributed by atoms with Crippen LogP contribution in [0.2, 0.25) is 0 Å². The van der Waals surface area contributed by atoms with Gasteiger partial charge in [0.15, 0.2) is 7.60 Å². The first-order chi connectivity index (χ1) is 5.17. The van der Waals surface area contributed by atoms with Crippen molar-refractivity contribution in [2.45, 2.75) is 0 Å². The van der Waals surface area contributed by atoms with Gasteiger partial charge in [-0.2, -0.15) is 0 Å². The Morgan fingerprint density at radius 1 is 1.33 bits per heavy atom. The molecule has 0 fully saturated rings. The van der Waals surface area contributed by atoms with Crippen molar-refractivity contribution in [1.82, 2.24) is 0 Å². The van der Waals surface area contributed by atoms with Crippen molar-refractivity contribution in [3.63, 3.8) is 0 Å². The predicted molar refractivity (Wildman–Crippen MR) is 40.7 cm³/mol. The molecule has 5 heteroatoms. The topological polar surface area (TPSA) is 49.4 Å². The van der Waals surface area contributed by atoms with Crippen molar-refractivity contribution in [1.29, 1.82) is 0 Å². The quantitative estimate of drug-likeness (QED) is 0.555. The SMILES string of the molecule is COP(=O)([O-])c1ccccc1.[Zn+2]. The zero-order chi connectivity index (χ0) is 8.32. The van der Waals surface area contributed by atoms with Gasteiger partial charge in [0.2, 0.25) is 0 Å². The summed E-state index contributed by atoms with van der Waals surface area (Å²) in [5.74, 6) is 0. The van der Waals surface area contributed by atoms with Crippen molar-refractivity contribution in [3.8, 4) is 0 Å². The minimum Gasteiger partial charge on any atom is -0.775 e. The Morgan fingerprint density at radius 3 is 2.25 bits per heavy atom. The van der Waals surface area contributed by atoms with Crippen LogP contribution in [0.25, 0.3) is 0 Å². The van der Waals surface area contributed by atoms with Gasteiger partial charge in [-0.05, 0) is 0 Å². The molecule has 0 aliphatic carbocycles. The summed E-state index contributed by atoms with van der Waals surface area (Å²) >= 11 is 0. The predicted octanol–water partition coefficient (Wildman–Crippen LogP) is 0.509. The first kappa shape index (κ1) is 12.0. The van der Waals surface area contributed by atoms with Gasteiger partial charge in [0, 0.05) is 12.4 Å². The standard InChI is InChI=1S/C7H9O3P.Zn/c1-10-11(8,9)7-5-3-2-4-6-7;/h2-6H,1H3,(H,8,9);/q;+2/p-1. The van der Waals surface area contributed by atoms with Crippen molar-refractivity contribution < 1.29 is 33.5 Å². The summed E-state index contributed by atoms with van der Waals surface area (Å²) in [6.07, 6.45) is 0. The molecule has 0 amide bonds. The molecule has 1 rings (SSSR count). The van der Waals surface area contributed by atoms with Gasteiger partial charge in [0.1, 0.15) is 0 Å². The fraction of sp³-hybridized carbons (Fsp3) is 0.143. The molecule has 12 heavy (non-hydrogen) atoms. The van der Waals surface area contributed by atoms with Crippen LogP contribution in [0.5, 0.6) is 0 Å². The summed E-state index contributed by atoms with van der Waals surface area (Å²) in [5, 5.41) is 0.211. The molecule has 60 valence electrons. The van der Waals surface area contributed by atoms with E-state index in [2.05, 4.69) is 4.52 Å². The second kappa shape index (κ2) is 4.88. The zero-order valence-electron chi connectivity index (χ0n) is 6.77. The molecule has 0 aromatic heterocycles. The van der Waals surface area contributed by atoms with Gasteiger partial charge in [-0.3, -0.25) is 0 Å². The van der Waals surface area contributed by atoms with Crippen LogP contribution in [0.3, 0.4) is 0 Å². The molecule has 3 nitrogen and oxygen atoms in total. The number of rotatable bonds is 2. The minimum absolute atomic E-state index is 0. The van der Waals surface area contributed by atoms with Gasteiger partial charge in [0.05, 0.1) is 0 Å². The van der Waals surface area contributed by atoms with E-state index in [9.17, 15) is 9.46 Å². The molecule has 0 saturated carbocycles. The number of hydrogen-bond acceptors (Lipinski definition) is 3. The Labute approximate surface area is 84.1 Å². The minimum atomic E-state index is -3.78. The van der Waals surface area contributed by atoms with Crippen LogP contribution < -0.4 is 10.2 Å². The van der Waals surface area contributed by atoms with E-state index in [-0.39, 0.29) is 24.8 Å². The Bertz CT molecular complexity index is 275. The van der Waals surface area contributed by atoms with Crippen LogP contribution in [0.15, 0.2) is 30.3 Å². The largest absolute Gasteiger partial charge is 2.00 e. The molecule has 0 heterocycles. The smallest absolute Gasteiger partial charge is 0.775 e. The molecule has 0 radical (unpaired) electrons. The molecular formula is C7H8O3PZn+. The van der Waals surface area contributed by atoms with Crippen LogP contribution >= 0.6 is 7.60 Å². The monoisotopic (exact) mass is 235 g/mol. The maximum Gasteiger partial charge on any atom is 2.00 e. The van der Waals surface area contributed by atoms with E-state index in [0.717, 1.165) is 7.11 Å². The van der Waals surface area contributed by atoms with Crippen LogP contribution in [-0.2, 0) is 28.6 Å². The molecule has 0 N–H and O–H groups in total. The third kappa shape index (κ3) is 2.80. The summed E-state index contributed by atoms with van der Waals surface area (Å²) < 4.78 is 15.3. The summed E-state index contributed by atoms with van der Waals surface area (Å²) in [4.78, 5) is 11.0. The van der Waals surface area contributed by atoms with Crippen molar-refractivity contribution >= 4 is 12.9 Å². The van der Waals surface area contributed by atoms with Crippen LogP contribution in [-0.4, -0.2) is 7.11 Å². The average molecular weight is 237 g/mol. The van der Waals surface area contributed by atoms with Gasteiger partial charge in [-0.15, -0.1) is 0 Å². The Morgan fingerprint density at radius 2 is 1.83 bits per heavy atom. The van der Waals surface area contributed by atoms with E-state index in [1.54, 1.807) is 18.2 Å². The molecule has 1 aromatic carbocycles. The molecule has 1 unspecified atom stereocenters. The molecule has 0 aliphatic heterocycles. The molecule has 0 aliphatic rings. The Balaban J connectivity index is 0.00000121. The summed E-state index contributed by atoms with van der Waals surface area (Å²) in [7, 11) is -2.62. The fourth-order valence-corrected chi connectivity index (χ4v) is 1.46. The second-order valence-corrected chi connectivity index (χ2v) is 3.89. The normalized spacial score (nSPS) is 14.5. The van der Waals surface area contributed by atoms with Crippen LogP contribution in [0.4, 0.5) is 0 Å². The summed E-state index contributed by atoms with van der Waals surface area (Å²) in [6, 6.07) is 8.05. The van der Waals surface area contributed by atoms with Crippen molar-refractivity contribution in [2.75, 3.05) is 7.11 Å². The fourth-order valence-electron chi connectivity index (χ4n) is 0.716. The third-order valence-electron chi connectivity index (χ3n) is 1.31. The molecule has 0 spiro atoms. The summed E-state index contributed by atoms with van der Waals surface area (Å²) in [5.41, 5.74) is 0. The van der Waals surface area contributed by atoms with E-state index in [1.165, 1.54) is 12.1 Å². The third-order valence-corrected chi connectivity index (χ3v) is 2.72. The van der Waals surface area contributed by atoms with Crippen LogP contribution in [0, 0.1) is 0 Å². The van der Waals surface area contributed by atoms with E-state index >= 15 is 0 Å². The van der Waals surface area contributed by atoms with Crippen molar-refractivity contribution in [3.05, 3.63) is 30.3 Å². The van der Waals surface area contributed by atoms with Crippen molar-refractivity contribution in [2.24, 2.45) is 0 Å². The molecule has 1 aromatic rings. The number of benzene rings is 1. The first-order valence-electron chi connectivity index (χ1n) is 3.09. The molecular weight excluding hydrogens is 228 g/mol. The van der Waals surface area contributed by atoms with Gasteiger partial charge in [0.25, 0.3) is 0 Å². The van der Waals surface area contributed by atoms with Gasteiger partial charge >= 0.3 is 19.5 Å². The van der Waals surface area contributed by atoms with Gasteiger partial charge in [-0.25, -0.2) is 0 Å².